The summed E-state index contributed by atoms with van der Waals surface area (Å²) in [5.41, 5.74) is 5.11. The lowest BCUT2D eigenvalue weighted by Crippen LogP contribution is -2.49. The van der Waals surface area contributed by atoms with Gasteiger partial charge >= 0.3 is 0 Å². The van der Waals surface area contributed by atoms with Crippen molar-refractivity contribution in [1.82, 2.24) is 10.2 Å². The Hall–Kier alpha value is -1.14. The summed E-state index contributed by atoms with van der Waals surface area (Å²) in [6.07, 6.45) is 3.09. The molecule has 0 heterocycles. The lowest BCUT2D eigenvalue weighted by Gasteiger charge is -2.37. The van der Waals surface area contributed by atoms with Crippen LogP contribution in [0.25, 0.3) is 0 Å². The molecule has 0 spiro atoms. The number of aliphatic hydroxyl groups is 1. The summed E-state index contributed by atoms with van der Waals surface area (Å²) in [4.78, 5) is 24.3. The minimum Gasteiger partial charge on any atom is -0.395 e. The number of nitrogens with one attached hydrogen (secondary N) is 1. The Balaban J connectivity index is 2.37. The molecule has 0 saturated heterocycles. The number of hydrogen-bond acceptors (Lipinski definition) is 4. The Kier molecular flexibility index (Phi) is 5.21. The van der Waals surface area contributed by atoms with E-state index in [9.17, 15) is 9.59 Å². The van der Waals surface area contributed by atoms with E-state index in [-0.39, 0.29) is 37.6 Å². The molecule has 0 aromatic rings. The molecule has 6 heteroatoms. The first-order chi connectivity index (χ1) is 7.69. The lowest BCUT2D eigenvalue weighted by molar-refractivity contribution is -0.136. The molecule has 0 atom stereocenters. The first-order valence-electron chi connectivity index (χ1n) is 5.56. The molecular weight excluding hydrogens is 210 g/mol. The maximum Gasteiger partial charge on any atom is 0.242 e. The van der Waals surface area contributed by atoms with E-state index in [0.717, 1.165) is 19.3 Å². The maximum absolute atomic E-state index is 11.7. The Labute approximate surface area is 94.8 Å². The van der Waals surface area contributed by atoms with Gasteiger partial charge in [0.05, 0.1) is 19.7 Å². The number of carbonyl (C=O) groups excluding carboxylic acids is 2. The summed E-state index contributed by atoms with van der Waals surface area (Å²) in [5.74, 6) is -0.494. The predicted octanol–water partition coefficient (Wildman–Crippen LogP) is -1.57. The van der Waals surface area contributed by atoms with Crippen LogP contribution in [-0.2, 0) is 9.59 Å². The van der Waals surface area contributed by atoms with Gasteiger partial charge in [-0.15, -0.1) is 0 Å². The van der Waals surface area contributed by atoms with Crippen molar-refractivity contribution in [2.75, 3.05) is 26.2 Å². The van der Waals surface area contributed by atoms with E-state index < -0.39 is 0 Å². The van der Waals surface area contributed by atoms with Gasteiger partial charge < -0.3 is 21.1 Å². The highest BCUT2D eigenvalue weighted by Gasteiger charge is 2.28. The molecule has 6 nitrogen and oxygen atoms in total. The molecular formula is C10H19N3O3. The van der Waals surface area contributed by atoms with Crippen LogP contribution in [0.5, 0.6) is 0 Å². The Bertz CT molecular complexity index is 254. The van der Waals surface area contributed by atoms with Crippen LogP contribution in [-0.4, -0.2) is 54.1 Å². The SMILES string of the molecule is NCC(=O)NCC(=O)N(CCO)C1CCC1. The molecule has 1 saturated carbocycles. The van der Waals surface area contributed by atoms with Gasteiger partial charge in [-0.25, -0.2) is 0 Å². The Morgan fingerprint density at radius 2 is 2.12 bits per heavy atom. The minimum atomic E-state index is -0.342. The van der Waals surface area contributed by atoms with E-state index in [4.69, 9.17) is 10.8 Å². The molecule has 92 valence electrons. The molecule has 0 aliphatic heterocycles. The fraction of sp³-hybridized carbons (Fsp3) is 0.800. The van der Waals surface area contributed by atoms with Crippen LogP contribution >= 0.6 is 0 Å². The van der Waals surface area contributed by atoms with Crippen molar-refractivity contribution in [3.05, 3.63) is 0 Å². The van der Waals surface area contributed by atoms with Crippen LogP contribution in [0.1, 0.15) is 19.3 Å². The Morgan fingerprint density at radius 1 is 1.44 bits per heavy atom. The largest absolute Gasteiger partial charge is 0.395 e. The molecule has 1 rings (SSSR count). The van der Waals surface area contributed by atoms with Gasteiger partial charge in [-0.05, 0) is 19.3 Å². The number of nitrogens with two attached hydrogens (primary N) is 1. The van der Waals surface area contributed by atoms with E-state index in [1.807, 2.05) is 0 Å². The zero-order valence-electron chi connectivity index (χ0n) is 9.32. The molecule has 1 aliphatic carbocycles. The normalized spacial score (nSPS) is 15.4. The smallest absolute Gasteiger partial charge is 0.242 e. The maximum atomic E-state index is 11.7. The number of carbonyl (C=O) groups is 2. The number of aliphatic hydroxyl groups excluding tert-OH is 1. The molecule has 2 amide bonds. The standard InChI is InChI=1S/C10H19N3O3/c11-6-9(15)12-7-10(16)13(4-5-14)8-2-1-3-8/h8,14H,1-7,11H2,(H,12,15). The van der Waals surface area contributed by atoms with Crippen LogP contribution in [0.2, 0.25) is 0 Å². The van der Waals surface area contributed by atoms with Crippen LogP contribution in [0.4, 0.5) is 0 Å². The van der Waals surface area contributed by atoms with Gasteiger partial charge in [-0.1, -0.05) is 0 Å². The average Bonchev–Trinajstić information content (AvgIpc) is 2.22. The zero-order valence-corrected chi connectivity index (χ0v) is 9.32. The third-order valence-electron chi connectivity index (χ3n) is 2.80. The highest BCUT2D eigenvalue weighted by atomic mass is 16.3. The molecule has 0 unspecified atom stereocenters. The van der Waals surface area contributed by atoms with E-state index in [2.05, 4.69) is 5.32 Å². The van der Waals surface area contributed by atoms with E-state index in [1.165, 1.54) is 0 Å². The molecule has 0 radical (unpaired) electrons. The van der Waals surface area contributed by atoms with Crippen molar-refractivity contribution in [1.29, 1.82) is 0 Å². The van der Waals surface area contributed by atoms with E-state index >= 15 is 0 Å². The quantitative estimate of drug-likeness (QED) is 0.513. The van der Waals surface area contributed by atoms with Gasteiger partial charge in [0.1, 0.15) is 0 Å². The van der Waals surface area contributed by atoms with E-state index in [0.29, 0.717) is 6.54 Å². The predicted molar refractivity (Wildman–Crippen MR) is 58.5 cm³/mol. The van der Waals surface area contributed by atoms with Crippen molar-refractivity contribution < 1.29 is 14.7 Å². The molecule has 0 aromatic carbocycles. The lowest BCUT2D eigenvalue weighted by atomic mass is 9.91. The fourth-order valence-electron chi connectivity index (χ4n) is 1.66. The number of rotatable bonds is 6. The summed E-state index contributed by atoms with van der Waals surface area (Å²) < 4.78 is 0. The second-order valence-electron chi connectivity index (χ2n) is 3.88. The van der Waals surface area contributed by atoms with Crippen LogP contribution in [0.15, 0.2) is 0 Å². The summed E-state index contributed by atoms with van der Waals surface area (Å²) in [6.45, 7) is 0.137. The van der Waals surface area contributed by atoms with Crippen molar-refractivity contribution in [2.24, 2.45) is 5.73 Å². The molecule has 1 fully saturated rings. The molecule has 4 N–H and O–H groups in total. The van der Waals surface area contributed by atoms with E-state index in [1.54, 1.807) is 4.90 Å². The van der Waals surface area contributed by atoms with Crippen LogP contribution in [0.3, 0.4) is 0 Å². The third kappa shape index (κ3) is 3.46. The highest BCUT2D eigenvalue weighted by Crippen LogP contribution is 2.24. The summed E-state index contributed by atoms with van der Waals surface area (Å²) >= 11 is 0. The van der Waals surface area contributed by atoms with Crippen molar-refractivity contribution in [2.45, 2.75) is 25.3 Å². The second kappa shape index (κ2) is 6.44. The number of amides is 2. The molecule has 16 heavy (non-hydrogen) atoms. The van der Waals surface area contributed by atoms with Gasteiger partial charge in [0.25, 0.3) is 0 Å². The number of hydrogen-bond donors (Lipinski definition) is 3. The number of nitrogens with zero attached hydrogens (tertiary/aromatic N) is 1. The van der Waals surface area contributed by atoms with Gasteiger partial charge in [-0.2, -0.15) is 0 Å². The average molecular weight is 229 g/mol. The molecule has 1 aliphatic rings. The Morgan fingerprint density at radius 3 is 2.56 bits per heavy atom. The zero-order chi connectivity index (χ0) is 12.0. The highest BCUT2D eigenvalue weighted by molar-refractivity contribution is 5.85. The minimum absolute atomic E-state index is 0.0352. The second-order valence-corrected chi connectivity index (χ2v) is 3.88. The first kappa shape index (κ1) is 12.9. The van der Waals surface area contributed by atoms with Crippen LogP contribution < -0.4 is 11.1 Å². The summed E-state index contributed by atoms with van der Waals surface area (Å²) in [6, 6.07) is 0.231. The third-order valence-corrected chi connectivity index (χ3v) is 2.80. The van der Waals surface area contributed by atoms with Crippen LogP contribution in [0, 0.1) is 0 Å². The van der Waals surface area contributed by atoms with Crippen molar-refractivity contribution >= 4 is 11.8 Å². The summed E-state index contributed by atoms with van der Waals surface area (Å²) in [5, 5.41) is 11.3. The fourth-order valence-corrected chi connectivity index (χ4v) is 1.66. The van der Waals surface area contributed by atoms with Gasteiger partial charge in [-0.3, -0.25) is 9.59 Å². The summed E-state index contributed by atoms with van der Waals surface area (Å²) in [7, 11) is 0. The van der Waals surface area contributed by atoms with Crippen molar-refractivity contribution in [3.63, 3.8) is 0 Å². The first-order valence-corrected chi connectivity index (χ1v) is 5.56. The molecule has 0 bridgehead atoms. The topological polar surface area (TPSA) is 95.7 Å². The van der Waals surface area contributed by atoms with Gasteiger partial charge in [0, 0.05) is 12.6 Å². The monoisotopic (exact) mass is 229 g/mol. The van der Waals surface area contributed by atoms with Crippen molar-refractivity contribution in [3.8, 4) is 0 Å². The molecule has 0 aromatic heterocycles. The van der Waals surface area contributed by atoms with Gasteiger partial charge in [0.2, 0.25) is 11.8 Å². The van der Waals surface area contributed by atoms with Gasteiger partial charge in [0.15, 0.2) is 0 Å².